The average Bonchev–Trinajstić information content (AvgIpc) is 2.41. The van der Waals surface area contributed by atoms with Crippen molar-refractivity contribution >= 4 is 11.0 Å². The van der Waals surface area contributed by atoms with E-state index in [9.17, 15) is 0 Å². The maximum absolute atomic E-state index is 4.75. The van der Waals surface area contributed by atoms with Crippen LogP contribution in [-0.2, 0) is 7.05 Å². The molecule has 19 heavy (non-hydrogen) atoms. The van der Waals surface area contributed by atoms with Crippen LogP contribution in [0.15, 0.2) is 42.5 Å². The number of para-hydroxylation sites is 1. The summed E-state index contributed by atoms with van der Waals surface area (Å²) in [6.07, 6.45) is 0. The summed E-state index contributed by atoms with van der Waals surface area (Å²) in [7, 11) is 1.94. The summed E-state index contributed by atoms with van der Waals surface area (Å²) in [6.45, 7) is 4.20. The highest BCUT2D eigenvalue weighted by molar-refractivity contribution is 5.74. The van der Waals surface area contributed by atoms with Crippen LogP contribution in [0, 0.1) is 13.8 Å². The van der Waals surface area contributed by atoms with Crippen molar-refractivity contribution in [3.05, 3.63) is 53.6 Å². The number of fused-ring (bicyclic) bond motifs is 1. The second-order valence-corrected chi connectivity index (χ2v) is 4.87. The van der Waals surface area contributed by atoms with Crippen molar-refractivity contribution in [2.75, 3.05) is 0 Å². The minimum Gasteiger partial charge on any atom is -0.133 e. The van der Waals surface area contributed by atoms with Crippen LogP contribution in [0.25, 0.3) is 22.4 Å². The molecule has 94 valence electrons. The summed E-state index contributed by atoms with van der Waals surface area (Å²) in [5.74, 6) is 0.903. The molecule has 1 heterocycles. The monoisotopic (exact) mass is 250 g/mol. The molecule has 0 atom stereocenters. The predicted molar refractivity (Wildman–Crippen MR) is 75.6 cm³/mol. The molecule has 3 rings (SSSR count). The molecular weight excluding hydrogens is 234 g/mol. The van der Waals surface area contributed by atoms with Crippen LogP contribution in [0.5, 0.6) is 0 Å². The van der Waals surface area contributed by atoms with E-state index in [0.717, 1.165) is 22.4 Å². The Morgan fingerprint density at radius 2 is 1.68 bits per heavy atom. The van der Waals surface area contributed by atoms with E-state index in [1.807, 2.05) is 36.0 Å². The van der Waals surface area contributed by atoms with Gasteiger partial charge in [-0.25, -0.2) is 0 Å². The molecule has 0 saturated carbocycles. The highest BCUT2D eigenvalue weighted by Crippen LogP contribution is 2.21. The second kappa shape index (κ2) is 4.43. The fourth-order valence-corrected chi connectivity index (χ4v) is 2.25. The number of nitrogens with zero attached hydrogens (tertiary/aromatic N) is 3. The second-order valence-electron chi connectivity index (χ2n) is 4.87. The molecule has 0 aliphatic heterocycles. The molecule has 0 unspecified atom stereocenters. The van der Waals surface area contributed by atoms with E-state index in [2.05, 4.69) is 37.1 Å². The molecule has 2 aromatic carbocycles. The smallest absolute Gasteiger partial charge is 0.133 e. The summed E-state index contributed by atoms with van der Waals surface area (Å²) in [5.41, 5.74) is 5.43. The first-order valence-electron chi connectivity index (χ1n) is 6.36. The molecule has 0 aliphatic carbocycles. The van der Waals surface area contributed by atoms with E-state index in [1.54, 1.807) is 0 Å². The lowest BCUT2D eigenvalue weighted by Gasteiger charge is -2.04. The number of aromatic nitrogens is 3. The summed E-state index contributed by atoms with van der Waals surface area (Å²) >= 11 is 0. The van der Waals surface area contributed by atoms with Gasteiger partial charge in [-0.3, -0.25) is 0 Å². The van der Waals surface area contributed by atoms with Gasteiger partial charge in [0.2, 0.25) is 5.52 Å². The van der Waals surface area contributed by atoms with Crippen LogP contribution in [0.4, 0.5) is 0 Å². The Kier molecular flexibility index (Phi) is 2.75. The lowest BCUT2D eigenvalue weighted by molar-refractivity contribution is -0.720. The zero-order valence-corrected chi connectivity index (χ0v) is 11.4. The first-order valence-corrected chi connectivity index (χ1v) is 6.36. The standard InChI is InChI=1S/C16H16N3/c1-11-8-9-12(2)13(10-11)16-17-14-6-4-5-7-15(14)18-19(16)3/h4-10H,1-3H3/q+1. The Morgan fingerprint density at radius 1 is 0.947 bits per heavy atom. The van der Waals surface area contributed by atoms with Gasteiger partial charge in [0, 0.05) is 0 Å². The molecule has 3 heteroatoms. The Hall–Kier alpha value is -2.29. The van der Waals surface area contributed by atoms with Crippen molar-refractivity contribution in [2.45, 2.75) is 13.8 Å². The molecule has 0 aliphatic rings. The zero-order chi connectivity index (χ0) is 13.4. The molecule has 0 spiro atoms. The third kappa shape index (κ3) is 2.08. The molecule has 0 N–H and O–H groups in total. The SMILES string of the molecule is Cc1ccc(C)c(-c2nc3ccccc3n[n+]2C)c1. The lowest BCUT2D eigenvalue weighted by Crippen LogP contribution is -2.37. The van der Waals surface area contributed by atoms with E-state index < -0.39 is 0 Å². The Balaban J connectivity index is 2.30. The van der Waals surface area contributed by atoms with E-state index in [0.29, 0.717) is 0 Å². The summed E-state index contributed by atoms with van der Waals surface area (Å²) in [5, 5.41) is 4.58. The molecule has 1 aromatic heterocycles. The van der Waals surface area contributed by atoms with Gasteiger partial charge < -0.3 is 0 Å². The van der Waals surface area contributed by atoms with Crippen molar-refractivity contribution in [2.24, 2.45) is 7.05 Å². The molecule has 0 bridgehead atoms. The van der Waals surface area contributed by atoms with Gasteiger partial charge in [0.1, 0.15) is 7.05 Å². The number of rotatable bonds is 1. The quantitative estimate of drug-likeness (QED) is 0.621. The Morgan fingerprint density at radius 3 is 2.47 bits per heavy atom. The molecule has 0 saturated heterocycles. The first-order chi connectivity index (χ1) is 9.15. The van der Waals surface area contributed by atoms with Crippen molar-refractivity contribution in [1.82, 2.24) is 10.1 Å². The predicted octanol–water partition coefficient (Wildman–Crippen LogP) is 2.74. The van der Waals surface area contributed by atoms with Crippen molar-refractivity contribution in [3.63, 3.8) is 0 Å². The number of hydrogen-bond acceptors (Lipinski definition) is 2. The van der Waals surface area contributed by atoms with Crippen molar-refractivity contribution in [3.8, 4) is 11.4 Å². The Bertz CT molecular complexity index is 763. The van der Waals surface area contributed by atoms with Crippen LogP contribution in [0.2, 0.25) is 0 Å². The maximum atomic E-state index is 4.75. The van der Waals surface area contributed by atoms with Gasteiger partial charge in [0.15, 0.2) is 5.52 Å². The normalized spacial score (nSPS) is 10.9. The molecule has 3 aromatic rings. The molecular formula is C16H16N3+. The van der Waals surface area contributed by atoms with Crippen LogP contribution in [0.3, 0.4) is 0 Å². The van der Waals surface area contributed by atoms with Gasteiger partial charge in [-0.15, -0.1) is 4.68 Å². The van der Waals surface area contributed by atoms with Crippen LogP contribution >= 0.6 is 0 Å². The van der Waals surface area contributed by atoms with E-state index in [-0.39, 0.29) is 0 Å². The summed E-state index contributed by atoms with van der Waals surface area (Å²) in [6, 6.07) is 14.4. The minimum absolute atomic E-state index is 0.903. The van der Waals surface area contributed by atoms with Crippen LogP contribution < -0.4 is 4.68 Å². The molecule has 0 amide bonds. The van der Waals surface area contributed by atoms with Gasteiger partial charge in [0.25, 0.3) is 0 Å². The summed E-state index contributed by atoms with van der Waals surface area (Å²) < 4.78 is 1.85. The summed E-state index contributed by atoms with van der Waals surface area (Å²) in [4.78, 5) is 4.75. The van der Waals surface area contributed by atoms with E-state index in [4.69, 9.17) is 4.98 Å². The van der Waals surface area contributed by atoms with Gasteiger partial charge in [0.05, 0.1) is 5.56 Å². The fraction of sp³-hybridized carbons (Fsp3) is 0.188. The number of benzene rings is 2. The lowest BCUT2D eigenvalue weighted by atomic mass is 10.1. The van der Waals surface area contributed by atoms with Gasteiger partial charge in [-0.05, 0) is 42.6 Å². The topological polar surface area (TPSA) is 29.7 Å². The number of hydrogen-bond donors (Lipinski definition) is 0. The molecule has 3 nitrogen and oxygen atoms in total. The molecule has 0 fully saturated rings. The fourth-order valence-electron chi connectivity index (χ4n) is 2.25. The van der Waals surface area contributed by atoms with Crippen LogP contribution in [-0.4, -0.2) is 10.1 Å². The highest BCUT2D eigenvalue weighted by atomic mass is 15.3. The Labute approximate surface area is 112 Å². The third-order valence-corrected chi connectivity index (χ3v) is 3.31. The van der Waals surface area contributed by atoms with Gasteiger partial charge in [-0.2, -0.15) is 0 Å². The van der Waals surface area contributed by atoms with Gasteiger partial charge in [-0.1, -0.05) is 34.9 Å². The van der Waals surface area contributed by atoms with E-state index >= 15 is 0 Å². The van der Waals surface area contributed by atoms with Crippen molar-refractivity contribution in [1.29, 1.82) is 0 Å². The average molecular weight is 250 g/mol. The van der Waals surface area contributed by atoms with Crippen LogP contribution in [0.1, 0.15) is 11.1 Å². The highest BCUT2D eigenvalue weighted by Gasteiger charge is 2.18. The van der Waals surface area contributed by atoms with Crippen molar-refractivity contribution < 1.29 is 4.68 Å². The van der Waals surface area contributed by atoms with Gasteiger partial charge >= 0.3 is 5.82 Å². The first kappa shape index (κ1) is 11.8. The number of aryl methyl sites for hydroxylation is 3. The molecule has 0 radical (unpaired) electrons. The largest absolute Gasteiger partial charge is 0.351 e. The maximum Gasteiger partial charge on any atom is 0.351 e. The van der Waals surface area contributed by atoms with E-state index in [1.165, 1.54) is 11.1 Å². The minimum atomic E-state index is 0.903. The third-order valence-electron chi connectivity index (χ3n) is 3.31. The zero-order valence-electron chi connectivity index (χ0n) is 11.4.